The first-order valence-corrected chi connectivity index (χ1v) is 16.9. The number of hydrogen-bond donors (Lipinski definition) is 2. The summed E-state index contributed by atoms with van der Waals surface area (Å²) in [5.41, 5.74) is 1.87. The zero-order valence-electron chi connectivity index (χ0n) is 28.0. The molecule has 4 heterocycles. The van der Waals surface area contributed by atoms with Crippen LogP contribution in [0.15, 0.2) is 72.8 Å². The van der Waals surface area contributed by atoms with E-state index in [-0.39, 0.29) is 44.0 Å². The van der Waals surface area contributed by atoms with Gasteiger partial charge in [0.25, 0.3) is 5.91 Å². The van der Waals surface area contributed by atoms with E-state index in [1.807, 2.05) is 88.4 Å². The fourth-order valence-electron chi connectivity index (χ4n) is 8.02. The third kappa shape index (κ3) is 5.96. The molecule has 4 aliphatic rings. The number of carbonyl (C=O) groups excluding carboxylic acids is 4. The van der Waals surface area contributed by atoms with Crippen LogP contribution >= 0.6 is 0 Å². The molecule has 254 valence electrons. The van der Waals surface area contributed by atoms with Crippen molar-refractivity contribution in [2.75, 3.05) is 24.7 Å². The number of allylic oxidation sites excluding steroid dienone is 1. The van der Waals surface area contributed by atoms with Crippen molar-refractivity contribution in [2.24, 2.45) is 17.8 Å². The normalized spacial score (nSPS) is 30.4. The lowest BCUT2D eigenvalue weighted by molar-refractivity contribution is -0.147. The highest BCUT2D eigenvalue weighted by atomic mass is 16.5. The summed E-state index contributed by atoms with van der Waals surface area (Å²) in [6.07, 6.45) is 7.30. The van der Waals surface area contributed by atoms with Crippen LogP contribution < -0.4 is 10.2 Å². The SMILES string of the molecule is Cc1cccc(C)c1N1CC=C[C@]23O[C@@H]4/C=C\CCC(=O)OC[C@@H](c5ccccc5)NC(=O)[C@@H]4[C@H]2C(=O)N([C@@H](CO)CC(C)C)[C@@H]3C1=O. The molecule has 3 amide bonds. The first-order valence-electron chi connectivity index (χ1n) is 16.9. The largest absolute Gasteiger partial charge is 0.463 e. The molecule has 2 N–H and O–H groups in total. The van der Waals surface area contributed by atoms with Gasteiger partial charge in [-0.05, 0) is 49.3 Å². The summed E-state index contributed by atoms with van der Waals surface area (Å²) < 4.78 is 12.4. The summed E-state index contributed by atoms with van der Waals surface area (Å²) in [6, 6.07) is 12.6. The smallest absolute Gasteiger partial charge is 0.306 e. The van der Waals surface area contributed by atoms with Crippen molar-refractivity contribution in [3.8, 4) is 0 Å². The second kappa shape index (κ2) is 13.7. The molecule has 0 aromatic heterocycles. The van der Waals surface area contributed by atoms with Gasteiger partial charge in [0.2, 0.25) is 11.8 Å². The van der Waals surface area contributed by atoms with Gasteiger partial charge in [-0.15, -0.1) is 0 Å². The highest BCUT2D eigenvalue weighted by molar-refractivity contribution is 6.06. The number of likely N-dealkylation sites (tertiary alicyclic amines) is 1. The number of hydrogen-bond acceptors (Lipinski definition) is 7. The number of para-hydroxylation sites is 1. The predicted molar refractivity (Wildman–Crippen MR) is 180 cm³/mol. The quantitative estimate of drug-likeness (QED) is 0.357. The fourth-order valence-corrected chi connectivity index (χ4v) is 8.02. The number of nitrogens with one attached hydrogen (secondary N) is 1. The summed E-state index contributed by atoms with van der Waals surface area (Å²) >= 11 is 0. The molecule has 0 unspecified atom stereocenters. The Morgan fingerprint density at radius 3 is 2.40 bits per heavy atom. The van der Waals surface area contributed by atoms with E-state index in [0.29, 0.717) is 12.8 Å². The maximum atomic E-state index is 15.0. The topological polar surface area (TPSA) is 125 Å². The van der Waals surface area contributed by atoms with E-state index in [2.05, 4.69) is 5.32 Å². The number of ether oxygens (including phenoxy) is 2. The van der Waals surface area contributed by atoms with Gasteiger partial charge in [-0.3, -0.25) is 19.2 Å². The summed E-state index contributed by atoms with van der Waals surface area (Å²) in [5, 5.41) is 13.8. The van der Waals surface area contributed by atoms with Gasteiger partial charge in [0.1, 0.15) is 18.2 Å². The van der Waals surface area contributed by atoms with Crippen molar-refractivity contribution in [1.29, 1.82) is 0 Å². The minimum absolute atomic E-state index is 0.0703. The number of aliphatic hydroxyl groups excluding tert-OH is 1. The van der Waals surface area contributed by atoms with Crippen molar-refractivity contribution in [3.05, 3.63) is 89.5 Å². The monoisotopic (exact) mass is 655 g/mol. The number of anilines is 1. The van der Waals surface area contributed by atoms with E-state index >= 15 is 0 Å². The van der Waals surface area contributed by atoms with E-state index < -0.39 is 53.5 Å². The van der Waals surface area contributed by atoms with Crippen LogP contribution in [-0.2, 0) is 28.7 Å². The Labute approximate surface area is 281 Å². The highest BCUT2D eigenvalue weighted by Gasteiger charge is 2.72. The molecule has 10 nitrogen and oxygen atoms in total. The second-order valence-electron chi connectivity index (χ2n) is 13.8. The van der Waals surface area contributed by atoms with Gasteiger partial charge in [0, 0.05) is 18.7 Å². The Morgan fingerprint density at radius 2 is 1.71 bits per heavy atom. The number of benzene rings is 2. The average Bonchev–Trinajstić information content (AvgIpc) is 3.45. The van der Waals surface area contributed by atoms with Gasteiger partial charge in [0.15, 0.2) is 0 Å². The zero-order valence-corrected chi connectivity index (χ0v) is 28.0. The van der Waals surface area contributed by atoms with Crippen LogP contribution in [0.5, 0.6) is 0 Å². The number of aryl methyl sites for hydroxylation is 2. The maximum absolute atomic E-state index is 15.0. The van der Waals surface area contributed by atoms with Crippen molar-refractivity contribution in [1.82, 2.24) is 10.2 Å². The highest BCUT2D eigenvalue weighted by Crippen LogP contribution is 2.54. The minimum Gasteiger partial charge on any atom is -0.463 e. The Hall–Kier alpha value is -4.28. The number of amides is 3. The number of cyclic esters (lactones) is 1. The summed E-state index contributed by atoms with van der Waals surface area (Å²) in [4.78, 5) is 60.1. The van der Waals surface area contributed by atoms with Crippen LogP contribution in [0.2, 0.25) is 0 Å². The summed E-state index contributed by atoms with van der Waals surface area (Å²) in [6.45, 7) is 7.75. The molecule has 2 aromatic rings. The van der Waals surface area contributed by atoms with E-state index in [0.717, 1.165) is 22.4 Å². The van der Waals surface area contributed by atoms with Gasteiger partial charge in [0.05, 0.1) is 36.6 Å². The number of rotatable bonds is 6. The molecular formula is C38H45N3O7. The molecule has 0 bridgehead atoms. The number of fused-ring (bicyclic) bond motifs is 2. The molecular weight excluding hydrogens is 610 g/mol. The van der Waals surface area contributed by atoms with E-state index in [1.165, 1.54) is 4.90 Å². The number of nitrogens with zero attached hydrogens (tertiary/aromatic N) is 2. The molecule has 6 rings (SSSR count). The zero-order chi connectivity index (χ0) is 34.2. The molecule has 2 fully saturated rings. The Bertz CT molecular complexity index is 1600. The molecule has 7 atom stereocenters. The van der Waals surface area contributed by atoms with Crippen molar-refractivity contribution in [3.63, 3.8) is 0 Å². The van der Waals surface area contributed by atoms with Crippen LogP contribution in [0, 0.1) is 31.6 Å². The molecule has 0 radical (unpaired) electrons. The van der Waals surface area contributed by atoms with Gasteiger partial charge >= 0.3 is 5.97 Å². The Balaban J connectivity index is 1.48. The lowest BCUT2D eigenvalue weighted by atomic mass is 9.77. The van der Waals surface area contributed by atoms with E-state index in [9.17, 15) is 24.3 Å². The molecule has 10 heteroatoms. The van der Waals surface area contributed by atoms with Crippen LogP contribution in [0.1, 0.15) is 55.8 Å². The molecule has 0 aliphatic carbocycles. The maximum Gasteiger partial charge on any atom is 0.306 e. The summed E-state index contributed by atoms with van der Waals surface area (Å²) in [5.74, 6) is -3.46. The van der Waals surface area contributed by atoms with Crippen molar-refractivity contribution in [2.45, 2.75) is 76.8 Å². The van der Waals surface area contributed by atoms with Crippen LogP contribution in [-0.4, -0.2) is 77.2 Å². The number of aliphatic hydroxyl groups is 1. The molecule has 1 spiro atoms. The van der Waals surface area contributed by atoms with Gasteiger partial charge in [-0.2, -0.15) is 0 Å². The summed E-state index contributed by atoms with van der Waals surface area (Å²) in [7, 11) is 0. The third-order valence-electron chi connectivity index (χ3n) is 10.1. The van der Waals surface area contributed by atoms with Crippen molar-refractivity contribution >= 4 is 29.4 Å². The minimum atomic E-state index is -1.48. The first kappa shape index (κ1) is 33.6. The average molecular weight is 656 g/mol. The Kier molecular flexibility index (Phi) is 9.58. The lowest BCUT2D eigenvalue weighted by Gasteiger charge is -2.39. The fraction of sp³-hybridized carbons (Fsp3) is 0.474. The molecule has 2 aromatic carbocycles. The molecule has 48 heavy (non-hydrogen) atoms. The predicted octanol–water partition coefficient (Wildman–Crippen LogP) is 3.94. The first-order chi connectivity index (χ1) is 23.1. The molecule has 2 saturated heterocycles. The van der Waals surface area contributed by atoms with E-state index in [4.69, 9.17) is 9.47 Å². The molecule has 0 saturated carbocycles. The van der Waals surface area contributed by atoms with Crippen LogP contribution in [0.25, 0.3) is 0 Å². The second-order valence-corrected chi connectivity index (χ2v) is 13.8. The number of esters is 1. The van der Waals surface area contributed by atoms with Gasteiger partial charge < -0.3 is 29.7 Å². The third-order valence-corrected chi connectivity index (χ3v) is 10.1. The van der Waals surface area contributed by atoms with Crippen LogP contribution in [0.3, 0.4) is 0 Å². The standard InChI is InChI=1S/C38H45N3O7/c1-23(2)20-27(21-42)41-34-37(46)40(33-24(3)12-10-13-25(33)4)19-11-18-38(34)32(36(41)45)31-29(48-38)16-8-9-17-30(43)47-22-28(39-35(31)44)26-14-6-5-7-15-26/h5-8,10-16,18,23,27-29,31-32,34,42H,9,17,19-22H2,1-4H3,(H,39,44)/b16-8-/t27-,28+,29-,31+,32+,34-,38+/m1/s1. The van der Waals surface area contributed by atoms with Crippen molar-refractivity contribution < 1.29 is 33.8 Å². The number of carbonyl (C=O) groups is 4. The van der Waals surface area contributed by atoms with Crippen LogP contribution in [0.4, 0.5) is 5.69 Å². The lowest BCUT2D eigenvalue weighted by Crippen LogP contribution is -2.58. The van der Waals surface area contributed by atoms with Gasteiger partial charge in [-0.1, -0.05) is 86.7 Å². The van der Waals surface area contributed by atoms with Gasteiger partial charge in [-0.25, -0.2) is 0 Å². The Morgan fingerprint density at radius 1 is 0.979 bits per heavy atom. The van der Waals surface area contributed by atoms with E-state index in [1.54, 1.807) is 17.1 Å². The molecule has 4 aliphatic heterocycles.